The van der Waals surface area contributed by atoms with Crippen molar-refractivity contribution >= 4 is 22.7 Å². The number of ether oxygens (including phenoxy) is 1. The number of para-hydroxylation sites is 1. The van der Waals surface area contributed by atoms with Crippen LogP contribution in [0.5, 0.6) is 0 Å². The lowest BCUT2D eigenvalue weighted by Gasteiger charge is -2.16. The largest absolute Gasteiger partial charge is 0.385 e. The Kier molecular flexibility index (Phi) is 8.97. The topological polar surface area (TPSA) is 111 Å². The van der Waals surface area contributed by atoms with Crippen LogP contribution in [0, 0.1) is 0 Å². The second-order valence-corrected chi connectivity index (χ2v) is 8.45. The summed E-state index contributed by atoms with van der Waals surface area (Å²) in [5, 5.41) is 6.04. The third-order valence-corrected chi connectivity index (χ3v) is 5.82. The second kappa shape index (κ2) is 12.1. The summed E-state index contributed by atoms with van der Waals surface area (Å²) in [6, 6.07) is 13.5. The molecule has 0 aliphatic rings. The van der Waals surface area contributed by atoms with Gasteiger partial charge < -0.3 is 15.4 Å². The molecule has 9 nitrogen and oxygen atoms in total. The molecule has 9 heteroatoms. The van der Waals surface area contributed by atoms with Crippen LogP contribution < -0.4 is 21.9 Å². The van der Waals surface area contributed by atoms with Crippen molar-refractivity contribution in [1.29, 1.82) is 0 Å². The van der Waals surface area contributed by atoms with Crippen molar-refractivity contribution in [1.82, 2.24) is 19.8 Å². The number of methoxy groups -OCH3 is 1. The Labute approximate surface area is 203 Å². The van der Waals surface area contributed by atoms with Gasteiger partial charge in [0.1, 0.15) is 6.54 Å². The van der Waals surface area contributed by atoms with Gasteiger partial charge in [-0.05, 0) is 49.6 Å². The maximum Gasteiger partial charge on any atom is 0.332 e. The van der Waals surface area contributed by atoms with Gasteiger partial charge in [0.05, 0.1) is 17.4 Å². The molecule has 1 atom stereocenters. The molecule has 3 rings (SSSR count). The zero-order chi connectivity index (χ0) is 25.4. The Morgan fingerprint density at radius 3 is 2.43 bits per heavy atom. The number of hydrogen-bond acceptors (Lipinski definition) is 5. The minimum Gasteiger partial charge on any atom is -0.385 e. The van der Waals surface area contributed by atoms with Gasteiger partial charge in [0.2, 0.25) is 5.91 Å². The van der Waals surface area contributed by atoms with E-state index in [0.29, 0.717) is 41.6 Å². The highest BCUT2D eigenvalue weighted by Gasteiger charge is 2.16. The van der Waals surface area contributed by atoms with Gasteiger partial charge in [-0.3, -0.25) is 23.5 Å². The van der Waals surface area contributed by atoms with Crippen molar-refractivity contribution in [2.75, 3.05) is 20.3 Å². The number of fused-ring (bicyclic) bond motifs is 1. The highest BCUT2D eigenvalue weighted by atomic mass is 16.5. The van der Waals surface area contributed by atoms with Gasteiger partial charge in [-0.15, -0.1) is 0 Å². The molecule has 186 valence electrons. The first kappa shape index (κ1) is 25.9. The average Bonchev–Trinajstić information content (AvgIpc) is 2.87. The standard InChI is InChI=1S/C26H32N4O5/c1-4-18(2)28-23(31)17-29-22-9-6-5-8-21(22)25(33)30(26(29)34)16-19-10-12-20(13-11-19)24(32)27-14-7-15-35-3/h5-6,8-13,18H,4,7,14-17H2,1-3H3,(H,27,32)(H,28,31). The fraction of sp³-hybridized carbons (Fsp3) is 0.385. The van der Waals surface area contributed by atoms with Crippen molar-refractivity contribution in [3.63, 3.8) is 0 Å². The van der Waals surface area contributed by atoms with E-state index >= 15 is 0 Å². The van der Waals surface area contributed by atoms with Gasteiger partial charge in [0, 0.05) is 31.9 Å². The lowest BCUT2D eigenvalue weighted by molar-refractivity contribution is -0.122. The Morgan fingerprint density at radius 1 is 1.03 bits per heavy atom. The van der Waals surface area contributed by atoms with Crippen molar-refractivity contribution in [2.45, 2.75) is 45.8 Å². The molecular formula is C26H32N4O5. The van der Waals surface area contributed by atoms with Gasteiger partial charge in [0.25, 0.3) is 11.5 Å². The lowest BCUT2D eigenvalue weighted by atomic mass is 10.1. The van der Waals surface area contributed by atoms with Gasteiger partial charge in [0.15, 0.2) is 0 Å². The maximum absolute atomic E-state index is 13.3. The van der Waals surface area contributed by atoms with Crippen LogP contribution in [0.1, 0.15) is 42.6 Å². The van der Waals surface area contributed by atoms with Crippen molar-refractivity contribution in [3.05, 3.63) is 80.5 Å². The molecule has 0 aliphatic heterocycles. The smallest absolute Gasteiger partial charge is 0.332 e. The molecule has 2 N–H and O–H groups in total. The van der Waals surface area contributed by atoms with Crippen LogP contribution in [-0.2, 0) is 22.6 Å². The minimum atomic E-state index is -0.562. The highest BCUT2D eigenvalue weighted by molar-refractivity contribution is 5.94. The summed E-state index contributed by atoms with van der Waals surface area (Å²) in [5.41, 5.74) is 0.595. The zero-order valence-electron chi connectivity index (χ0n) is 20.4. The molecule has 1 unspecified atom stereocenters. The van der Waals surface area contributed by atoms with Gasteiger partial charge >= 0.3 is 5.69 Å². The van der Waals surface area contributed by atoms with Gasteiger partial charge in [-0.25, -0.2) is 4.79 Å². The Bertz CT molecular complexity index is 1290. The summed E-state index contributed by atoms with van der Waals surface area (Å²) in [7, 11) is 1.61. The Balaban J connectivity index is 1.88. The van der Waals surface area contributed by atoms with E-state index in [0.717, 1.165) is 11.0 Å². The van der Waals surface area contributed by atoms with E-state index in [4.69, 9.17) is 4.74 Å². The number of aromatic nitrogens is 2. The van der Waals surface area contributed by atoms with Crippen LogP contribution in [0.2, 0.25) is 0 Å². The van der Waals surface area contributed by atoms with E-state index < -0.39 is 11.2 Å². The van der Waals surface area contributed by atoms with Crippen LogP contribution in [0.15, 0.2) is 58.1 Å². The third kappa shape index (κ3) is 6.45. The first-order chi connectivity index (χ1) is 16.8. The van der Waals surface area contributed by atoms with E-state index in [1.54, 1.807) is 55.6 Å². The molecule has 0 spiro atoms. The number of benzene rings is 2. The molecule has 1 heterocycles. The van der Waals surface area contributed by atoms with E-state index in [2.05, 4.69) is 10.6 Å². The number of carbonyl (C=O) groups excluding carboxylic acids is 2. The summed E-state index contributed by atoms with van der Waals surface area (Å²) in [5.74, 6) is -0.497. The van der Waals surface area contributed by atoms with Gasteiger partial charge in [-0.1, -0.05) is 31.2 Å². The molecule has 0 bridgehead atoms. The third-order valence-electron chi connectivity index (χ3n) is 5.82. The average molecular weight is 481 g/mol. The summed E-state index contributed by atoms with van der Waals surface area (Å²) >= 11 is 0. The molecule has 2 aromatic carbocycles. The monoisotopic (exact) mass is 480 g/mol. The van der Waals surface area contributed by atoms with E-state index in [1.807, 2.05) is 13.8 Å². The Morgan fingerprint density at radius 2 is 1.74 bits per heavy atom. The first-order valence-electron chi connectivity index (χ1n) is 11.7. The normalized spacial score (nSPS) is 11.9. The lowest BCUT2D eigenvalue weighted by Crippen LogP contribution is -2.43. The van der Waals surface area contributed by atoms with Crippen LogP contribution in [-0.4, -0.2) is 47.3 Å². The SMILES string of the molecule is CCC(C)NC(=O)Cn1c(=O)n(Cc2ccc(C(=O)NCCCOC)cc2)c(=O)c2ccccc21. The van der Waals surface area contributed by atoms with Crippen LogP contribution in [0.4, 0.5) is 0 Å². The predicted octanol–water partition coefficient (Wildman–Crippen LogP) is 1.89. The van der Waals surface area contributed by atoms with Crippen molar-refractivity contribution in [2.24, 2.45) is 0 Å². The maximum atomic E-state index is 13.3. The summed E-state index contributed by atoms with van der Waals surface area (Å²) in [4.78, 5) is 51.3. The summed E-state index contributed by atoms with van der Waals surface area (Å²) < 4.78 is 7.42. The molecule has 2 amide bonds. The molecule has 0 saturated heterocycles. The molecule has 1 aromatic heterocycles. The predicted molar refractivity (Wildman–Crippen MR) is 135 cm³/mol. The fourth-order valence-electron chi connectivity index (χ4n) is 3.69. The van der Waals surface area contributed by atoms with Crippen molar-refractivity contribution < 1.29 is 14.3 Å². The second-order valence-electron chi connectivity index (χ2n) is 8.45. The highest BCUT2D eigenvalue weighted by Crippen LogP contribution is 2.10. The van der Waals surface area contributed by atoms with Crippen LogP contribution in [0.3, 0.4) is 0 Å². The van der Waals surface area contributed by atoms with Gasteiger partial charge in [-0.2, -0.15) is 0 Å². The zero-order valence-corrected chi connectivity index (χ0v) is 20.4. The minimum absolute atomic E-state index is 0.0191. The fourth-order valence-corrected chi connectivity index (χ4v) is 3.69. The number of nitrogens with one attached hydrogen (secondary N) is 2. The van der Waals surface area contributed by atoms with E-state index in [9.17, 15) is 19.2 Å². The van der Waals surface area contributed by atoms with Crippen molar-refractivity contribution in [3.8, 4) is 0 Å². The molecule has 0 aliphatic carbocycles. The number of amides is 2. The molecule has 3 aromatic rings. The molecule has 0 fully saturated rings. The van der Waals surface area contributed by atoms with E-state index in [1.165, 1.54) is 4.57 Å². The molecular weight excluding hydrogens is 448 g/mol. The first-order valence-corrected chi connectivity index (χ1v) is 11.7. The van der Waals surface area contributed by atoms with Crippen LogP contribution in [0.25, 0.3) is 10.9 Å². The Hall–Kier alpha value is -3.72. The molecule has 35 heavy (non-hydrogen) atoms. The number of nitrogens with zero attached hydrogens (tertiary/aromatic N) is 2. The van der Waals surface area contributed by atoms with Crippen LogP contribution >= 0.6 is 0 Å². The number of rotatable bonds is 11. The quantitative estimate of drug-likeness (QED) is 0.407. The molecule has 0 radical (unpaired) electrons. The number of carbonyl (C=O) groups is 2. The summed E-state index contributed by atoms with van der Waals surface area (Å²) in [6.45, 7) is 4.76. The van der Waals surface area contributed by atoms with E-state index in [-0.39, 0.29) is 30.9 Å². The summed E-state index contributed by atoms with van der Waals surface area (Å²) in [6.07, 6.45) is 1.48. The molecule has 0 saturated carbocycles. The number of hydrogen-bond donors (Lipinski definition) is 2.